The molecule has 4 heteroatoms. The van der Waals surface area contributed by atoms with Gasteiger partial charge in [-0.3, -0.25) is 4.79 Å². The number of carbonyl (C=O) groups is 1. The molecule has 1 heterocycles. The highest BCUT2D eigenvalue weighted by atomic mass is 32.1. The summed E-state index contributed by atoms with van der Waals surface area (Å²) in [7, 11) is 0. The predicted octanol–water partition coefficient (Wildman–Crippen LogP) is 2.46. The number of nitrogens with one attached hydrogen (secondary N) is 1. The molecule has 0 spiro atoms. The molecule has 104 valence electrons. The minimum atomic E-state index is -0.516. The van der Waals surface area contributed by atoms with Gasteiger partial charge in [-0.2, -0.15) is 11.3 Å². The minimum Gasteiger partial charge on any atom is -0.390 e. The van der Waals surface area contributed by atoms with E-state index in [4.69, 9.17) is 0 Å². The fourth-order valence-corrected chi connectivity index (χ4v) is 3.39. The summed E-state index contributed by atoms with van der Waals surface area (Å²) < 4.78 is 0. The van der Waals surface area contributed by atoms with Crippen LogP contribution in [0.5, 0.6) is 0 Å². The minimum absolute atomic E-state index is 0.00282. The summed E-state index contributed by atoms with van der Waals surface area (Å²) in [5.41, 5.74) is 3.37. The largest absolute Gasteiger partial charge is 0.390 e. The lowest BCUT2D eigenvalue weighted by molar-refractivity contribution is -0.122. The van der Waals surface area contributed by atoms with Crippen LogP contribution in [0.15, 0.2) is 41.1 Å². The lowest BCUT2D eigenvalue weighted by Gasteiger charge is -2.17. The first-order valence-corrected chi connectivity index (χ1v) is 7.74. The normalized spacial score (nSPS) is 20.6. The molecule has 2 atom stereocenters. The fourth-order valence-electron chi connectivity index (χ4n) is 2.69. The van der Waals surface area contributed by atoms with Crippen LogP contribution in [0.4, 0.5) is 0 Å². The van der Waals surface area contributed by atoms with Crippen LogP contribution in [0.1, 0.15) is 29.2 Å². The molecule has 20 heavy (non-hydrogen) atoms. The molecule has 0 bridgehead atoms. The number of thiophene rings is 1. The van der Waals surface area contributed by atoms with Gasteiger partial charge in [-0.1, -0.05) is 24.3 Å². The SMILES string of the molecule is O=C(CCc1ccsc1)N[C@@H]1c2ccccc2C[C@H]1O. The number of carbonyl (C=O) groups excluding carboxylic acids is 1. The Labute approximate surface area is 122 Å². The Morgan fingerprint density at radius 2 is 2.20 bits per heavy atom. The van der Waals surface area contributed by atoms with Gasteiger partial charge in [0.15, 0.2) is 0 Å². The summed E-state index contributed by atoms with van der Waals surface area (Å²) in [4.78, 5) is 12.0. The Balaban J connectivity index is 1.61. The van der Waals surface area contributed by atoms with E-state index in [0.29, 0.717) is 12.8 Å². The van der Waals surface area contributed by atoms with Crippen LogP contribution in [0, 0.1) is 0 Å². The van der Waals surface area contributed by atoms with Crippen LogP contribution in [0.2, 0.25) is 0 Å². The average Bonchev–Trinajstić information content (AvgIpc) is 3.06. The summed E-state index contributed by atoms with van der Waals surface area (Å²) in [6.07, 6.45) is 1.31. The summed E-state index contributed by atoms with van der Waals surface area (Å²) in [5.74, 6) is -0.00282. The van der Waals surface area contributed by atoms with Gasteiger partial charge in [-0.25, -0.2) is 0 Å². The van der Waals surface area contributed by atoms with Crippen molar-refractivity contribution in [3.63, 3.8) is 0 Å². The van der Waals surface area contributed by atoms with E-state index in [2.05, 4.69) is 10.7 Å². The van der Waals surface area contributed by atoms with Gasteiger partial charge in [0.05, 0.1) is 12.1 Å². The van der Waals surface area contributed by atoms with E-state index >= 15 is 0 Å². The van der Waals surface area contributed by atoms with Crippen LogP contribution in [-0.2, 0) is 17.6 Å². The van der Waals surface area contributed by atoms with Gasteiger partial charge in [0.1, 0.15) is 0 Å². The van der Waals surface area contributed by atoms with Gasteiger partial charge in [0, 0.05) is 12.8 Å². The Hall–Kier alpha value is -1.65. The van der Waals surface area contributed by atoms with Crippen molar-refractivity contribution in [1.29, 1.82) is 0 Å². The van der Waals surface area contributed by atoms with E-state index in [1.54, 1.807) is 11.3 Å². The fraction of sp³-hybridized carbons (Fsp3) is 0.312. The highest BCUT2D eigenvalue weighted by Gasteiger charge is 2.31. The molecule has 2 aromatic rings. The second-order valence-electron chi connectivity index (χ2n) is 5.15. The van der Waals surface area contributed by atoms with Crippen molar-refractivity contribution in [2.45, 2.75) is 31.4 Å². The molecule has 0 fully saturated rings. The highest BCUT2D eigenvalue weighted by molar-refractivity contribution is 7.07. The van der Waals surface area contributed by atoms with E-state index in [1.165, 1.54) is 5.56 Å². The van der Waals surface area contributed by atoms with Gasteiger partial charge >= 0.3 is 0 Å². The maximum atomic E-state index is 12.0. The van der Waals surface area contributed by atoms with Crippen molar-refractivity contribution in [2.75, 3.05) is 0 Å². The van der Waals surface area contributed by atoms with Crippen molar-refractivity contribution in [3.05, 3.63) is 57.8 Å². The van der Waals surface area contributed by atoms with Crippen LogP contribution >= 0.6 is 11.3 Å². The summed E-state index contributed by atoms with van der Waals surface area (Å²) >= 11 is 1.64. The first kappa shape index (κ1) is 13.3. The third kappa shape index (κ3) is 2.76. The highest BCUT2D eigenvalue weighted by Crippen LogP contribution is 2.31. The monoisotopic (exact) mass is 287 g/mol. The standard InChI is InChI=1S/C16H17NO2S/c18-14-9-12-3-1-2-4-13(12)16(14)17-15(19)6-5-11-7-8-20-10-11/h1-4,7-8,10,14,16,18H,5-6,9H2,(H,17,19)/t14-,16-/m1/s1. The van der Waals surface area contributed by atoms with Gasteiger partial charge in [-0.15, -0.1) is 0 Å². The van der Waals surface area contributed by atoms with Crippen molar-refractivity contribution in [2.24, 2.45) is 0 Å². The molecule has 0 saturated heterocycles. The number of aliphatic hydroxyl groups excluding tert-OH is 1. The average molecular weight is 287 g/mol. The molecule has 0 unspecified atom stereocenters. The smallest absolute Gasteiger partial charge is 0.220 e. The Bertz CT molecular complexity index is 594. The molecule has 1 aliphatic carbocycles. The van der Waals surface area contributed by atoms with Crippen molar-refractivity contribution in [3.8, 4) is 0 Å². The molecular formula is C16H17NO2S. The molecule has 1 aliphatic rings. The topological polar surface area (TPSA) is 49.3 Å². The Morgan fingerprint density at radius 1 is 1.35 bits per heavy atom. The zero-order valence-electron chi connectivity index (χ0n) is 11.1. The van der Waals surface area contributed by atoms with E-state index in [0.717, 1.165) is 17.5 Å². The van der Waals surface area contributed by atoms with Gasteiger partial charge in [0.25, 0.3) is 0 Å². The van der Waals surface area contributed by atoms with Crippen molar-refractivity contribution >= 4 is 17.2 Å². The van der Waals surface area contributed by atoms with Crippen molar-refractivity contribution in [1.82, 2.24) is 5.32 Å². The van der Waals surface area contributed by atoms with Gasteiger partial charge < -0.3 is 10.4 Å². The third-order valence-electron chi connectivity index (χ3n) is 3.74. The van der Waals surface area contributed by atoms with Crippen LogP contribution < -0.4 is 5.32 Å². The molecule has 2 N–H and O–H groups in total. The number of aliphatic hydroxyl groups is 1. The zero-order chi connectivity index (χ0) is 13.9. The molecular weight excluding hydrogens is 270 g/mol. The second kappa shape index (κ2) is 5.77. The third-order valence-corrected chi connectivity index (χ3v) is 4.47. The Morgan fingerprint density at radius 3 is 3.00 bits per heavy atom. The van der Waals surface area contributed by atoms with E-state index in [1.807, 2.05) is 35.7 Å². The summed E-state index contributed by atoms with van der Waals surface area (Å²) in [6.45, 7) is 0. The van der Waals surface area contributed by atoms with Crippen LogP contribution in [-0.4, -0.2) is 17.1 Å². The second-order valence-corrected chi connectivity index (χ2v) is 5.93. The van der Waals surface area contributed by atoms with E-state index in [-0.39, 0.29) is 11.9 Å². The number of rotatable bonds is 4. The molecule has 3 rings (SSSR count). The number of benzene rings is 1. The molecule has 1 aromatic heterocycles. The summed E-state index contributed by atoms with van der Waals surface area (Å²) in [6, 6.07) is 9.68. The van der Waals surface area contributed by atoms with Crippen LogP contribution in [0.25, 0.3) is 0 Å². The quantitative estimate of drug-likeness (QED) is 0.907. The maximum absolute atomic E-state index is 12.0. The molecule has 1 aromatic carbocycles. The van der Waals surface area contributed by atoms with Crippen LogP contribution in [0.3, 0.4) is 0 Å². The predicted molar refractivity (Wildman–Crippen MR) is 79.7 cm³/mol. The van der Waals surface area contributed by atoms with Gasteiger partial charge in [0.2, 0.25) is 5.91 Å². The zero-order valence-corrected chi connectivity index (χ0v) is 11.9. The molecule has 0 saturated carbocycles. The van der Waals surface area contributed by atoms with Crippen molar-refractivity contribution < 1.29 is 9.90 Å². The molecule has 3 nitrogen and oxygen atoms in total. The lowest BCUT2D eigenvalue weighted by Crippen LogP contribution is -2.33. The molecule has 0 radical (unpaired) electrons. The number of amides is 1. The van der Waals surface area contributed by atoms with Gasteiger partial charge in [-0.05, 0) is 39.9 Å². The number of aryl methyl sites for hydroxylation is 1. The number of fused-ring (bicyclic) bond motifs is 1. The molecule has 1 amide bonds. The lowest BCUT2D eigenvalue weighted by atomic mass is 10.1. The summed E-state index contributed by atoms with van der Waals surface area (Å²) in [5, 5.41) is 17.1. The van der Waals surface area contributed by atoms with E-state index in [9.17, 15) is 9.90 Å². The first-order valence-electron chi connectivity index (χ1n) is 6.80. The van der Waals surface area contributed by atoms with E-state index < -0.39 is 6.10 Å². The number of hydrogen-bond donors (Lipinski definition) is 2. The molecule has 0 aliphatic heterocycles. The first-order chi connectivity index (χ1) is 9.74. The Kier molecular flexibility index (Phi) is 3.85. The number of hydrogen-bond acceptors (Lipinski definition) is 3. The maximum Gasteiger partial charge on any atom is 0.220 e.